The van der Waals surface area contributed by atoms with Crippen LogP contribution < -0.4 is 25.6 Å². The summed E-state index contributed by atoms with van der Waals surface area (Å²) in [7, 11) is -0.535. The minimum atomic E-state index is -2.75. The van der Waals surface area contributed by atoms with E-state index in [-0.39, 0.29) is 6.10 Å². The topological polar surface area (TPSA) is 121 Å². The number of piperidine rings is 1. The van der Waals surface area contributed by atoms with Crippen LogP contribution in [0.5, 0.6) is 5.75 Å². The summed E-state index contributed by atoms with van der Waals surface area (Å²) in [5.74, 6) is 1.69. The number of piperazine rings is 1. The van der Waals surface area contributed by atoms with Crippen LogP contribution in [0.2, 0.25) is 0 Å². The minimum Gasteiger partial charge on any atom is -0.483 e. The van der Waals surface area contributed by atoms with Crippen molar-refractivity contribution in [2.24, 2.45) is 0 Å². The van der Waals surface area contributed by atoms with Crippen molar-refractivity contribution in [2.45, 2.75) is 38.3 Å². The Morgan fingerprint density at radius 1 is 0.980 bits per heavy atom. The van der Waals surface area contributed by atoms with Gasteiger partial charge in [0.05, 0.1) is 39.9 Å². The van der Waals surface area contributed by atoms with Gasteiger partial charge in [-0.3, -0.25) is 14.9 Å². The Labute approximate surface area is 296 Å². The molecule has 0 aliphatic carbocycles. The van der Waals surface area contributed by atoms with Gasteiger partial charge in [-0.05, 0) is 79.3 Å². The van der Waals surface area contributed by atoms with Gasteiger partial charge in [-0.25, -0.2) is 4.98 Å². The summed E-state index contributed by atoms with van der Waals surface area (Å²) in [4.78, 5) is 26.0. The van der Waals surface area contributed by atoms with Gasteiger partial charge in [-0.1, -0.05) is 6.92 Å². The Morgan fingerprint density at radius 3 is 2.43 bits per heavy atom. The number of nitrogens with zero attached hydrogens (tertiary/aromatic N) is 7. The second-order valence-electron chi connectivity index (χ2n) is 13.5. The molecular weight excluding hydrogens is 705 g/mol. The van der Waals surface area contributed by atoms with E-state index in [0.717, 1.165) is 57.1 Å². The van der Waals surface area contributed by atoms with Crippen LogP contribution in [0.3, 0.4) is 0 Å². The zero-order valence-electron chi connectivity index (χ0n) is 28.7. The maximum Gasteiger partial charge on any atom is 0.229 e. The van der Waals surface area contributed by atoms with Crippen LogP contribution in [0.4, 0.5) is 28.8 Å². The van der Waals surface area contributed by atoms with Gasteiger partial charge in [0, 0.05) is 75.7 Å². The predicted molar refractivity (Wildman–Crippen MR) is 200 cm³/mol. The molecular formula is C35H45BrN9O3P. The lowest BCUT2D eigenvalue weighted by atomic mass is 9.99. The minimum absolute atomic E-state index is 0.000104. The van der Waals surface area contributed by atoms with Crippen LogP contribution in [0.15, 0.2) is 47.3 Å². The summed E-state index contributed by atoms with van der Waals surface area (Å²) in [6.45, 7) is 13.5. The van der Waals surface area contributed by atoms with Crippen molar-refractivity contribution in [2.75, 3.05) is 88.4 Å². The number of fused-ring (bicyclic) bond motifs is 1. The Bertz CT molecular complexity index is 1850. The lowest BCUT2D eigenvalue weighted by Gasteiger charge is -2.43. The van der Waals surface area contributed by atoms with Crippen molar-refractivity contribution in [1.29, 1.82) is 0 Å². The monoisotopic (exact) mass is 749 g/mol. The third-order valence-electron chi connectivity index (χ3n) is 9.72. The number of aryl methyl sites for hydroxylation is 1. The third kappa shape index (κ3) is 7.56. The van der Waals surface area contributed by atoms with Crippen molar-refractivity contribution in [3.05, 3.63) is 52.9 Å². The molecule has 4 aromatic rings. The van der Waals surface area contributed by atoms with E-state index in [0.29, 0.717) is 57.5 Å². The highest BCUT2D eigenvalue weighted by molar-refractivity contribution is 9.10. The number of anilines is 5. The molecule has 0 radical (unpaired) electrons. The van der Waals surface area contributed by atoms with E-state index in [9.17, 15) is 4.57 Å². The highest BCUT2D eigenvalue weighted by atomic mass is 79.9. The molecule has 3 aliphatic heterocycles. The Morgan fingerprint density at radius 2 is 1.73 bits per heavy atom. The third-order valence-corrected chi connectivity index (χ3v) is 11.8. The molecule has 0 unspecified atom stereocenters. The summed E-state index contributed by atoms with van der Waals surface area (Å²) in [6.07, 6.45) is 8.17. The number of nitrogens with one attached hydrogen (secondary N) is 2. The smallest absolute Gasteiger partial charge is 0.229 e. The second kappa shape index (κ2) is 14.5. The molecule has 2 N–H and O–H groups in total. The predicted octanol–water partition coefficient (Wildman–Crippen LogP) is 5.47. The maximum atomic E-state index is 13.5. The van der Waals surface area contributed by atoms with Crippen molar-refractivity contribution in [3.63, 3.8) is 0 Å². The molecule has 12 nitrogen and oxygen atoms in total. The molecule has 3 fully saturated rings. The number of benzene rings is 2. The number of hydrogen-bond donors (Lipinski definition) is 2. The quantitative estimate of drug-likeness (QED) is 0.200. The standard InChI is InChI=1S/C35H45BrN9O3P/c1-5-23-18-29(31(48-25-21-47-22-25)19-30(23)45-12-8-24(9-13-45)44-16-14-43(2)15-17-44)41-35-39-20-26(36)34(42-35)40-28-7-6-27-32(38-11-10-37-27)33(28)49(3,4)46/h6-7,10-11,18-20,24-25H,5,8-9,12-17,21-22H2,1-4H3,(H2,39,40,41,42). The second-order valence-corrected chi connectivity index (χ2v) is 17.5. The molecule has 260 valence electrons. The SMILES string of the molecule is CCc1cc(Nc2ncc(Br)c(Nc3ccc4nccnc4c3P(C)(C)=O)n2)c(OC2COC2)cc1N1CCC(N2CCN(C)CC2)CC1. The highest BCUT2D eigenvalue weighted by Gasteiger charge is 2.29. The summed E-state index contributed by atoms with van der Waals surface area (Å²) < 4.78 is 26.1. The van der Waals surface area contributed by atoms with E-state index in [1.807, 2.05) is 12.1 Å². The normalized spacial score (nSPS) is 18.4. The zero-order chi connectivity index (χ0) is 34.1. The molecule has 2 aromatic carbocycles. The first kappa shape index (κ1) is 34.1. The number of hydrogen-bond acceptors (Lipinski definition) is 12. The molecule has 3 saturated heterocycles. The van der Waals surface area contributed by atoms with Gasteiger partial charge in [0.25, 0.3) is 0 Å². The van der Waals surface area contributed by atoms with Gasteiger partial charge in [0.15, 0.2) is 0 Å². The molecule has 7 rings (SSSR count). The maximum absolute atomic E-state index is 13.5. The van der Waals surface area contributed by atoms with Crippen molar-refractivity contribution < 1.29 is 14.0 Å². The van der Waals surface area contributed by atoms with Crippen LogP contribution in [-0.2, 0) is 15.7 Å². The van der Waals surface area contributed by atoms with Gasteiger partial charge in [-0.15, -0.1) is 0 Å². The van der Waals surface area contributed by atoms with E-state index < -0.39 is 7.14 Å². The highest BCUT2D eigenvalue weighted by Crippen LogP contribution is 2.42. The Hall–Kier alpha value is -3.35. The average molecular weight is 751 g/mol. The first-order chi connectivity index (χ1) is 23.7. The first-order valence-electron chi connectivity index (χ1n) is 17.1. The van der Waals surface area contributed by atoms with E-state index in [1.54, 1.807) is 31.9 Å². The van der Waals surface area contributed by atoms with Crippen LogP contribution in [0.25, 0.3) is 11.0 Å². The molecule has 0 amide bonds. The molecule has 49 heavy (non-hydrogen) atoms. The number of rotatable bonds is 10. The molecule has 0 spiro atoms. The Kier molecular flexibility index (Phi) is 10.1. The van der Waals surface area contributed by atoms with Crippen LogP contribution in [0, 0.1) is 0 Å². The average Bonchev–Trinajstić information content (AvgIpc) is 3.08. The molecule has 3 aliphatic rings. The summed E-state index contributed by atoms with van der Waals surface area (Å²) in [5.41, 5.74) is 5.25. The fourth-order valence-electron chi connectivity index (χ4n) is 6.94. The van der Waals surface area contributed by atoms with Gasteiger partial charge >= 0.3 is 0 Å². The van der Waals surface area contributed by atoms with E-state index >= 15 is 0 Å². The summed E-state index contributed by atoms with van der Waals surface area (Å²) in [6, 6.07) is 8.77. The molecule has 0 atom stereocenters. The lowest BCUT2D eigenvalue weighted by molar-refractivity contribution is -0.0793. The number of ether oxygens (including phenoxy) is 2. The summed E-state index contributed by atoms with van der Waals surface area (Å²) in [5, 5.41) is 7.49. The van der Waals surface area contributed by atoms with E-state index in [2.05, 4.69) is 82.3 Å². The number of aromatic nitrogens is 4. The molecule has 2 aromatic heterocycles. The molecule has 0 saturated carbocycles. The van der Waals surface area contributed by atoms with Crippen molar-refractivity contribution >= 4 is 68.2 Å². The number of likely N-dealkylation sites (N-methyl/N-ethyl adjacent to an activating group) is 1. The zero-order valence-corrected chi connectivity index (χ0v) is 31.1. The fourth-order valence-corrected chi connectivity index (χ4v) is 8.62. The van der Waals surface area contributed by atoms with Gasteiger partial charge in [0.1, 0.15) is 30.3 Å². The summed E-state index contributed by atoms with van der Waals surface area (Å²) >= 11 is 3.61. The molecule has 5 heterocycles. The van der Waals surface area contributed by atoms with E-state index in [4.69, 9.17) is 14.5 Å². The van der Waals surface area contributed by atoms with Crippen molar-refractivity contribution in [3.8, 4) is 5.75 Å². The van der Waals surface area contributed by atoms with Gasteiger partial charge in [0.2, 0.25) is 5.95 Å². The van der Waals surface area contributed by atoms with Gasteiger partial charge < -0.3 is 34.5 Å². The van der Waals surface area contributed by atoms with Gasteiger partial charge in [-0.2, -0.15) is 4.98 Å². The van der Waals surface area contributed by atoms with Crippen LogP contribution in [-0.4, -0.2) is 115 Å². The number of halogens is 1. The molecule has 0 bridgehead atoms. The lowest BCUT2D eigenvalue weighted by Crippen LogP contribution is -2.52. The van der Waals surface area contributed by atoms with Crippen LogP contribution in [0.1, 0.15) is 25.3 Å². The fraction of sp³-hybridized carbons (Fsp3) is 0.486. The van der Waals surface area contributed by atoms with E-state index in [1.165, 1.54) is 24.1 Å². The Balaban J connectivity index is 1.15. The van der Waals surface area contributed by atoms with Crippen LogP contribution >= 0.6 is 23.1 Å². The largest absolute Gasteiger partial charge is 0.483 e. The first-order valence-corrected chi connectivity index (χ1v) is 20.5. The van der Waals surface area contributed by atoms with Crippen molar-refractivity contribution in [1.82, 2.24) is 29.7 Å². The molecule has 14 heteroatoms.